The van der Waals surface area contributed by atoms with Crippen LogP contribution >= 0.6 is 0 Å². The van der Waals surface area contributed by atoms with Gasteiger partial charge in [-0.15, -0.1) is 0 Å². The van der Waals surface area contributed by atoms with Crippen molar-refractivity contribution >= 4 is 15.7 Å². The number of nitrogen functional groups attached to an aromatic ring is 1. The first-order valence-electron chi connectivity index (χ1n) is 6.45. The molecule has 1 heterocycles. The molecule has 0 atom stereocenters. The molecule has 21 heavy (non-hydrogen) atoms. The second kappa shape index (κ2) is 5.82. The van der Waals surface area contributed by atoms with E-state index in [2.05, 4.69) is 14.9 Å². The summed E-state index contributed by atoms with van der Waals surface area (Å²) in [4.78, 5) is 4.28. The predicted molar refractivity (Wildman–Crippen MR) is 78.3 cm³/mol. The summed E-state index contributed by atoms with van der Waals surface area (Å²) in [5.41, 5.74) is 7.49. The van der Waals surface area contributed by atoms with E-state index in [4.69, 9.17) is 10.3 Å². The van der Waals surface area contributed by atoms with Crippen LogP contribution in [0.2, 0.25) is 0 Å². The highest BCUT2D eigenvalue weighted by Gasteiger charge is 2.19. The Balaban J connectivity index is 2.12. The number of aryl methyl sites for hydroxylation is 3. The molecule has 0 saturated carbocycles. The SMILES string of the molecule is Cc1noc(CCNS(=O)(=O)c2c(C)cc(N)cc2C)n1. The molecule has 0 aliphatic rings. The van der Waals surface area contributed by atoms with Gasteiger partial charge in [0.25, 0.3) is 0 Å². The molecule has 0 radical (unpaired) electrons. The highest BCUT2D eigenvalue weighted by molar-refractivity contribution is 7.89. The van der Waals surface area contributed by atoms with Crippen molar-refractivity contribution in [3.63, 3.8) is 0 Å². The van der Waals surface area contributed by atoms with E-state index in [0.29, 0.717) is 35.0 Å². The minimum absolute atomic E-state index is 0.188. The van der Waals surface area contributed by atoms with Crippen molar-refractivity contribution < 1.29 is 12.9 Å². The Hall–Kier alpha value is -1.93. The van der Waals surface area contributed by atoms with Crippen LogP contribution in [0.5, 0.6) is 0 Å². The number of nitrogens with two attached hydrogens (primary N) is 1. The second-order valence-electron chi connectivity index (χ2n) is 4.87. The molecule has 2 aromatic rings. The first-order chi connectivity index (χ1) is 9.79. The Labute approximate surface area is 123 Å². The molecule has 1 aromatic heterocycles. The molecule has 0 aliphatic carbocycles. The average Bonchev–Trinajstić information content (AvgIpc) is 2.72. The third-order valence-electron chi connectivity index (χ3n) is 2.95. The molecule has 0 spiro atoms. The third kappa shape index (κ3) is 3.59. The van der Waals surface area contributed by atoms with Gasteiger partial charge in [0.2, 0.25) is 15.9 Å². The van der Waals surface area contributed by atoms with Crippen molar-refractivity contribution in [1.82, 2.24) is 14.9 Å². The van der Waals surface area contributed by atoms with Crippen LogP contribution in [0.3, 0.4) is 0 Å². The molecule has 0 aliphatic heterocycles. The molecule has 1 aromatic carbocycles. The average molecular weight is 310 g/mol. The largest absolute Gasteiger partial charge is 0.399 e. The fourth-order valence-corrected chi connectivity index (χ4v) is 3.69. The Morgan fingerprint density at radius 2 is 1.86 bits per heavy atom. The van der Waals surface area contributed by atoms with Crippen LogP contribution in [0.15, 0.2) is 21.6 Å². The molecule has 0 fully saturated rings. The second-order valence-corrected chi connectivity index (χ2v) is 6.57. The first kappa shape index (κ1) is 15.5. The normalized spacial score (nSPS) is 11.8. The number of sulfonamides is 1. The Morgan fingerprint density at radius 1 is 1.24 bits per heavy atom. The van der Waals surface area contributed by atoms with Crippen molar-refractivity contribution in [2.75, 3.05) is 12.3 Å². The third-order valence-corrected chi connectivity index (χ3v) is 4.72. The summed E-state index contributed by atoms with van der Waals surface area (Å²) < 4.78 is 32.2. The maximum Gasteiger partial charge on any atom is 0.241 e. The van der Waals surface area contributed by atoms with Crippen LogP contribution in [0, 0.1) is 20.8 Å². The number of anilines is 1. The zero-order chi connectivity index (χ0) is 15.6. The van der Waals surface area contributed by atoms with Crippen molar-refractivity contribution in [2.45, 2.75) is 32.1 Å². The van der Waals surface area contributed by atoms with Gasteiger partial charge in [0.05, 0.1) is 4.90 Å². The van der Waals surface area contributed by atoms with E-state index in [1.54, 1.807) is 32.9 Å². The quantitative estimate of drug-likeness (QED) is 0.800. The maximum absolute atomic E-state index is 12.4. The predicted octanol–water partition coefficient (Wildman–Crippen LogP) is 1.10. The molecule has 0 unspecified atom stereocenters. The molecule has 2 rings (SSSR count). The minimum Gasteiger partial charge on any atom is -0.399 e. The molecular formula is C13H18N4O3S. The van der Waals surface area contributed by atoms with Gasteiger partial charge in [-0.05, 0) is 44.0 Å². The zero-order valence-corrected chi connectivity index (χ0v) is 13.0. The van der Waals surface area contributed by atoms with Crippen LogP contribution in [-0.2, 0) is 16.4 Å². The maximum atomic E-state index is 12.4. The van der Waals surface area contributed by atoms with Gasteiger partial charge in [0.15, 0.2) is 5.82 Å². The van der Waals surface area contributed by atoms with Gasteiger partial charge in [-0.3, -0.25) is 0 Å². The van der Waals surface area contributed by atoms with Gasteiger partial charge < -0.3 is 10.3 Å². The standard InChI is InChI=1S/C13H18N4O3S/c1-8-6-11(14)7-9(2)13(8)21(18,19)15-5-4-12-16-10(3)17-20-12/h6-7,15H,4-5,14H2,1-3H3. The molecular weight excluding hydrogens is 292 g/mol. The van der Waals surface area contributed by atoms with Gasteiger partial charge in [-0.25, -0.2) is 13.1 Å². The van der Waals surface area contributed by atoms with E-state index in [-0.39, 0.29) is 11.4 Å². The van der Waals surface area contributed by atoms with Crippen LogP contribution in [0.25, 0.3) is 0 Å². The number of nitrogens with one attached hydrogen (secondary N) is 1. The van der Waals surface area contributed by atoms with E-state index < -0.39 is 10.0 Å². The number of hydrogen-bond donors (Lipinski definition) is 2. The van der Waals surface area contributed by atoms with Crippen molar-refractivity contribution in [3.8, 4) is 0 Å². The smallest absolute Gasteiger partial charge is 0.241 e. The van der Waals surface area contributed by atoms with Gasteiger partial charge in [-0.2, -0.15) is 4.98 Å². The van der Waals surface area contributed by atoms with E-state index >= 15 is 0 Å². The van der Waals surface area contributed by atoms with Crippen LogP contribution in [-0.4, -0.2) is 25.1 Å². The minimum atomic E-state index is -3.60. The fraction of sp³-hybridized carbons (Fsp3) is 0.385. The number of aromatic nitrogens is 2. The highest BCUT2D eigenvalue weighted by Crippen LogP contribution is 2.22. The van der Waals surface area contributed by atoms with Gasteiger partial charge >= 0.3 is 0 Å². The van der Waals surface area contributed by atoms with E-state index in [1.165, 1.54) is 0 Å². The van der Waals surface area contributed by atoms with Gasteiger partial charge in [0.1, 0.15) is 0 Å². The summed E-state index contributed by atoms with van der Waals surface area (Å²) in [5, 5.41) is 3.65. The molecule has 3 N–H and O–H groups in total. The number of benzene rings is 1. The first-order valence-corrected chi connectivity index (χ1v) is 7.93. The lowest BCUT2D eigenvalue weighted by atomic mass is 10.1. The molecule has 8 heteroatoms. The Kier molecular flexibility index (Phi) is 4.29. The van der Waals surface area contributed by atoms with Crippen molar-refractivity contribution in [3.05, 3.63) is 35.0 Å². The molecule has 114 valence electrons. The highest BCUT2D eigenvalue weighted by atomic mass is 32.2. The zero-order valence-electron chi connectivity index (χ0n) is 12.2. The lowest BCUT2D eigenvalue weighted by Gasteiger charge is -2.12. The van der Waals surface area contributed by atoms with Crippen LogP contribution < -0.4 is 10.5 Å². The molecule has 0 saturated heterocycles. The fourth-order valence-electron chi connectivity index (χ4n) is 2.21. The van der Waals surface area contributed by atoms with Gasteiger partial charge in [-0.1, -0.05) is 5.16 Å². The van der Waals surface area contributed by atoms with Crippen LogP contribution in [0.4, 0.5) is 5.69 Å². The van der Waals surface area contributed by atoms with E-state index in [9.17, 15) is 8.42 Å². The summed E-state index contributed by atoms with van der Waals surface area (Å²) in [6.45, 7) is 5.34. The Bertz CT molecular complexity index is 730. The summed E-state index contributed by atoms with van der Waals surface area (Å²) >= 11 is 0. The van der Waals surface area contributed by atoms with Crippen molar-refractivity contribution in [2.24, 2.45) is 0 Å². The van der Waals surface area contributed by atoms with Gasteiger partial charge in [0, 0.05) is 18.7 Å². The number of nitrogens with zero attached hydrogens (tertiary/aromatic N) is 2. The topological polar surface area (TPSA) is 111 Å². The summed E-state index contributed by atoms with van der Waals surface area (Å²) in [5.74, 6) is 0.930. The van der Waals surface area contributed by atoms with E-state index in [0.717, 1.165) is 0 Å². The summed E-state index contributed by atoms with van der Waals surface area (Å²) in [6.07, 6.45) is 0.340. The van der Waals surface area contributed by atoms with E-state index in [1.807, 2.05) is 0 Å². The summed E-state index contributed by atoms with van der Waals surface area (Å²) in [7, 11) is -3.60. The molecule has 7 nitrogen and oxygen atoms in total. The monoisotopic (exact) mass is 310 g/mol. The van der Waals surface area contributed by atoms with Crippen LogP contribution in [0.1, 0.15) is 22.8 Å². The lowest BCUT2D eigenvalue weighted by molar-refractivity contribution is 0.375. The summed E-state index contributed by atoms with van der Waals surface area (Å²) in [6, 6.07) is 3.28. The molecule has 0 bridgehead atoms. The Morgan fingerprint density at radius 3 is 2.38 bits per heavy atom. The lowest BCUT2D eigenvalue weighted by Crippen LogP contribution is -2.27. The molecule has 0 amide bonds. The number of rotatable bonds is 5. The number of hydrogen-bond acceptors (Lipinski definition) is 6. The van der Waals surface area contributed by atoms with Crippen molar-refractivity contribution in [1.29, 1.82) is 0 Å².